The zero-order valence-electron chi connectivity index (χ0n) is 5.51. The van der Waals surface area contributed by atoms with Crippen LogP contribution in [-0.2, 0) is 0 Å². The van der Waals surface area contributed by atoms with E-state index in [9.17, 15) is 5.21 Å². The molecule has 0 aliphatic carbocycles. The third kappa shape index (κ3) is 0.861. The van der Waals surface area contributed by atoms with Gasteiger partial charge in [0.2, 0.25) is 6.33 Å². The summed E-state index contributed by atoms with van der Waals surface area (Å²) in [5, 5.41) is 11.0. The van der Waals surface area contributed by atoms with E-state index < -0.39 is 0 Å². The maximum absolute atomic E-state index is 11.0. The summed E-state index contributed by atoms with van der Waals surface area (Å²) in [6.45, 7) is 0. The minimum Gasteiger partial charge on any atom is -0.710 e. The van der Waals surface area contributed by atoms with Gasteiger partial charge in [0.25, 0.3) is 0 Å². The lowest BCUT2D eigenvalue weighted by molar-refractivity contribution is -0.579. The fraction of sp³-hybridized carbons (Fsp3) is 0. The molecule has 5 heteroatoms. The highest BCUT2D eigenvalue weighted by Crippen LogP contribution is 1.96. The molecule has 0 aromatic carbocycles. The van der Waals surface area contributed by atoms with Crippen molar-refractivity contribution in [2.75, 3.05) is 0 Å². The van der Waals surface area contributed by atoms with Crippen LogP contribution >= 0.6 is 0 Å². The van der Waals surface area contributed by atoms with Crippen molar-refractivity contribution in [3.63, 3.8) is 0 Å². The Balaban J connectivity index is 2.91. The first-order chi connectivity index (χ1) is 5.38. The summed E-state index contributed by atoms with van der Waals surface area (Å²) in [6, 6.07) is 0. The predicted molar refractivity (Wildman–Crippen MR) is 36.3 cm³/mol. The van der Waals surface area contributed by atoms with E-state index in [-0.39, 0.29) is 0 Å². The predicted octanol–water partition coefficient (Wildman–Crippen LogP) is -0.342. The van der Waals surface area contributed by atoms with Crippen LogP contribution in [0.25, 0.3) is 11.2 Å². The molecule has 0 bridgehead atoms. The summed E-state index contributed by atoms with van der Waals surface area (Å²) in [5.74, 6) is 0. The fourth-order valence-corrected chi connectivity index (χ4v) is 0.821. The van der Waals surface area contributed by atoms with Crippen molar-refractivity contribution in [2.45, 2.75) is 0 Å². The summed E-state index contributed by atoms with van der Waals surface area (Å²) in [4.78, 5) is 11.4. The number of hydrogen-bond donors (Lipinski definition) is 0. The van der Waals surface area contributed by atoms with E-state index in [1.54, 1.807) is 0 Å². The Hall–Kier alpha value is -1.78. The Morgan fingerprint density at radius 3 is 3.09 bits per heavy atom. The van der Waals surface area contributed by atoms with Gasteiger partial charge in [-0.2, -0.15) is 0 Å². The van der Waals surface area contributed by atoms with Crippen LogP contribution in [-0.4, -0.2) is 15.0 Å². The number of aromatic nitrogens is 4. The lowest BCUT2D eigenvalue weighted by Gasteiger charge is -1.99. The minimum atomic E-state index is 0.294. The first-order valence-electron chi connectivity index (χ1n) is 3.02. The van der Waals surface area contributed by atoms with Gasteiger partial charge in [-0.05, 0) is 4.98 Å². The second-order valence-corrected chi connectivity index (χ2v) is 1.98. The van der Waals surface area contributed by atoms with Gasteiger partial charge >= 0.3 is 5.65 Å². The van der Waals surface area contributed by atoms with Crippen molar-refractivity contribution in [3.05, 3.63) is 30.1 Å². The third-order valence-electron chi connectivity index (χ3n) is 1.30. The molecule has 2 aromatic heterocycles. The maximum atomic E-state index is 11.0. The van der Waals surface area contributed by atoms with Crippen molar-refractivity contribution in [1.82, 2.24) is 15.0 Å². The molecule has 2 heterocycles. The van der Waals surface area contributed by atoms with E-state index in [0.717, 1.165) is 0 Å². The second-order valence-electron chi connectivity index (χ2n) is 1.98. The molecule has 0 fully saturated rings. The highest BCUT2D eigenvalue weighted by molar-refractivity contribution is 5.63. The lowest BCUT2D eigenvalue weighted by atomic mass is 10.5. The number of nitrogens with zero attached hydrogens (tertiary/aromatic N) is 4. The summed E-state index contributed by atoms with van der Waals surface area (Å²) in [7, 11) is 0. The first-order valence-corrected chi connectivity index (χ1v) is 3.02. The molecular formula is C6H4N4O. The Morgan fingerprint density at radius 2 is 2.27 bits per heavy atom. The molecule has 0 N–H and O–H groups in total. The van der Waals surface area contributed by atoms with Crippen LogP contribution in [0.1, 0.15) is 0 Å². The Bertz CT molecular complexity index is 384. The highest BCUT2D eigenvalue weighted by Gasteiger charge is 2.02. The van der Waals surface area contributed by atoms with E-state index in [4.69, 9.17) is 0 Å². The zero-order valence-corrected chi connectivity index (χ0v) is 5.51. The molecule has 11 heavy (non-hydrogen) atoms. The van der Waals surface area contributed by atoms with E-state index in [2.05, 4.69) is 15.0 Å². The molecule has 0 spiro atoms. The normalized spacial score (nSPS) is 10.2. The second kappa shape index (κ2) is 2.12. The van der Waals surface area contributed by atoms with Gasteiger partial charge in [0, 0.05) is 0 Å². The Labute approximate surface area is 61.9 Å². The average molecular weight is 148 g/mol. The van der Waals surface area contributed by atoms with Crippen molar-refractivity contribution in [1.29, 1.82) is 0 Å². The van der Waals surface area contributed by atoms with Crippen molar-refractivity contribution in [2.24, 2.45) is 0 Å². The zero-order chi connectivity index (χ0) is 7.68. The van der Waals surface area contributed by atoms with Gasteiger partial charge in [-0.3, -0.25) is 0 Å². The average Bonchev–Trinajstić information content (AvgIpc) is 2.06. The van der Waals surface area contributed by atoms with Crippen LogP contribution in [0.3, 0.4) is 0 Å². The van der Waals surface area contributed by atoms with E-state index >= 15 is 0 Å². The monoisotopic (exact) mass is 148 g/mol. The van der Waals surface area contributed by atoms with Gasteiger partial charge in [-0.25, -0.2) is 14.7 Å². The standard InChI is InChI=1S/C6H4N4O/c11-10-2-1-8-5-3-7-4-9-6(5)10/h1-4H. The van der Waals surface area contributed by atoms with Gasteiger partial charge in [0.15, 0.2) is 5.52 Å². The van der Waals surface area contributed by atoms with Crippen LogP contribution < -0.4 is 4.73 Å². The van der Waals surface area contributed by atoms with Crippen LogP contribution in [0.5, 0.6) is 0 Å². The smallest absolute Gasteiger partial charge is 0.355 e. The topological polar surface area (TPSA) is 65.6 Å². The molecule has 5 nitrogen and oxygen atoms in total. The molecule has 0 saturated carbocycles. The highest BCUT2D eigenvalue weighted by atomic mass is 16.5. The molecule has 0 aliphatic rings. The van der Waals surface area contributed by atoms with Gasteiger partial charge in [0.1, 0.15) is 6.20 Å². The third-order valence-corrected chi connectivity index (χ3v) is 1.30. The van der Waals surface area contributed by atoms with Crippen LogP contribution in [0.15, 0.2) is 24.9 Å². The van der Waals surface area contributed by atoms with Crippen LogP contribution in [0, 0.1) is 5.21 Å². The van der Waals surface area contributed by atoms with Gasteiger partial charge in [-0.1, -0.05) is 0 Å². The molecule has 0 amide bonds. The molecule has 0 unspecified atom stereocenters. The van der Waals surface area contributed by atoms with Gasteiger partial charge < -0.3 is 5.21 Å². The molecule has 0 saturated heterocycles. The van der Waals surface area contributed by atoms with E-state index in [0.29, 0.717) is 15.9 Å². The minimum absolute atomic E-state index is 0.294. The summed E-state index contributed by atoms with van der Waals surface area (Å²) in [5.41, 5.74) is 0.799. The van der Waals surface area contributed by atoms with Gasteiger partial charge in [-0.15, -0.1) is 0 Å². The molecule has 2 rings (SSSR count). The first kappa shape index (κ1) is 5.96. The maximum Gasteiger partial charge on any atom is 0.355 e. The van der Waals surface area contributed by atoms with Crippen molar-refractivity contribution >= 4 is 11.2 Å². The van der Waals surface area contributed by atoms with Gasteiger partial charge in [0.05, 0.1) is 12.4 Å². The summed E-state index contributed by atoms with van der Waals surface area (Å²) in [6.07, 6.45) is 5.53. The Kier molecular flexibility index (Phi) is 1.15. The SMILES string of the molecule is [O-][n+]1ccnc2cncnc21. The molecule has 0 atom stereocenters. The molecular weight excluding hydrogens is 144 g/mol. The molecule has 54 valence electrons. The summed E-state index contributed by atoms with van der Waals surface area (Å²) < 4.78 is 0.657. The number of hydrogen-bond acceptors (Lipinski definition) is 4. The van der Waals surface area contributed by atoms with Crippen molar-refractivity contribution in [3.8, 4) is 0 Å². The Morgan fingerprint density at radius 1 is 1.36 bits per heavy atom. The largest absolute Gasteiger partial charge is 0.710 e. The molecule has 0 aliphatic heterocycles. The van der Waals surface area contributed by atoms with Crippen LogP contribution in [0.4, 0.5) is 0 Å². The summed E-state index contributed by atoms with van der Waals surface area (Å²) >= 11 is 0. The van der Waals surface area contributed by atoms with Crippen molar-refractivity contribution < 1.29 is 4.73 Å². The number of rotatable bonds is 0. The molecule has 2 aromatic rings. The van der Waals surface area contributed by atoms with E-state index in [1.165, 1.54) is 24.9 Å². The van der Waals surface area contributed by atoms with E-state index in [1.807, 2.05) is 0 Å². The fourth-order valence-electron chi connectivity index (χ4n) is 0.821. The lowest BCUT2D eigenvalue weighted by Crippen LogP contribution is -2.27. The van der Waals surface area contributed by atoms with Crippen LogP contribution in [0.2, 0.25) is 0 Å². The number of fused-ring (bicyclic) bond motifs is 1. The molecule has 0 radical (unpaired) electrons. The quantitative estimate of drug-likeness (QED) is 0.378.